The summed E-state index contributed by atoms with van der Waals surface area (Å²) in [5, 5.41) is 4.05. The van der Waals surface area contributed by atoms with Gasteiger partial charge in [-0.1, -0.05) is 13.8 Å². The molecule has 0 saturated carbocycles. The summed E-state index contributed by atoms with van der Waals surface area (Å²) >= 11 is 0. The maximum absolute atomic E-state index is 11.5. The van der Waals surface area contributed by atoms with Crippen LogP contribution in [0, 0.1) is 5.92 Å². The van der Waals surface area contributed by atoms with Gasteiger partial charge in [0.25, 0.3) is 5.91 Å². The molecule has 0 saturated heterocycles. The molecule has 0 aliphatic carbocycles. The molecule has 0 fully saturated rings. The van der Waals surface area contributed by atoms with Gasteiger partial charge >= 0.3 is 0 Å². The van der Waals surface area contributed by atoms with Gasteiger partial charge in [-0.3, -0.25) is 4.79 Å². The lowest BCUT2D eigenvalue weighted by molar-refractivity contribution is 0.0950. The van der Waals surface area contributed by atoms with Crippen LogP contribution in [0.1, 0.15) is 44.1 Å². The number of nitrogens with one attached hydrogen (secondary N) is 2. The van der Waals surface area contributed by atoms with Crippen molar-refractivity contribution >= 4 is 11.6 Å². The molecule has 0 radical (unpaired) electrons. The van der Waals surface area contributed by atoms with Crippen LogP contribution < -0.4 is 5.43 Å². The van der Waals surface area contributed by atoms with Gasteiger partial charge in [0, 0.05) is 11.9 Å². The Morgan fingerprint density at radius 2 is 2.31 bits per heavy atom. The molecule has 4 heteroatoms. The van der Waals surface area contributed by atoms with Crippen molar-refractivity contribution in [3.63, 3.8) is 0 Å². The fraction of sp³-hybridized carbons (Fsp3) is 0.500. The van der Waals surface area contributed by atoms with E-state index in [1.54, 1.807) is 18.3 Å². The van der Waals surface area contributed by atoms with E-state index in [1.165, 1.54) is 0 Å². The van der Waals surface area contributed by atoms with Crippen molar-refractivity contribution in [1.29, 1.82) is 0 Å². The lowest BCUT2D eigenvalue weighted by atomic mass is 10.1. The quantitative estimate of drug-likeness (QED) is 0.582. The first kappa shape index (κ1) is 12.5. The summed E-state index contributed by atoms with van der Waals surface area (Å²) in [5.41, 5.74) is 4.01. The second-order valence-corrected chi connectivity index (χ2v) is 4.30. The number of hydrazone groups is 1. The molecular formula is C12H19N3O. The van der Waals surface area contributed by atoms with E-state index in [0.29, 0.717) is 11.6 Å². The standard InChI is InChI=1S/C12H19N3O/c1-9(2)6-7-10(3)14-15-12(16)11-5-4-8-13-11/h4-5,8-9,13H,6-7H2,1-3H3,(H,15,16)/b14-10-. The molecule has 0 aliphatic heterocycles. The van der Waals surface area contributed by atoms with E-state index < -0.39 is 0 Å². The van der Waals surface area contributed by atoms with Gasteiger partial charge in [0.2, 0.25) is 0 Å². The van der Waals surface area contributed by atoms with E-state index in [-0.39, 0.29) is 5.91 Å². The summed E-state index contributed by atoms with van der Waals surface area (Å²) in [5.74, 6) is 0.457. The highest BCUT2D eigenvalue weighted by Crippen LogP contribution is 2.04. The Hall–Kier alpha value is -1.58. The Bertz CT molecular complexity index is 352. The second kappa shape index (κ2) is 6.10. The van der Waals surface area contributed by atoms with E-state index in [4.69, 9.17) is 0 Å². The van der Waals surface area contributed by atoms with Gasteiger partial charge in [0.1, 0.15) is 5.69 Å². The predicted molar refractivity (Wildman–Crippen MR) is 65.4 cm³/mol. The number of nitrogens with zero attached hydrogens (tertiary/aromatic N) is 1. The van der Waals surface area contributed by atoms with Crippen LogP contribution in [0.25, 0.3) is 0 Å². The van der Waals surface area contributed by atoms with Crippen molar-refractivity contribution < 1.29 is 4.79 Å². The van der Waals surface area contributed by atoms with Gasteiger partial charge in [0.05, 0.1) is 0 Å². The summed E-state index contributed by atoms with van der Waals surface area (Å²) in [6, 6.07) is 3.50. The number of hydrogen-bond acceptors (Lipinski definition) is 2. The van der Waals surface area contributed by atoms with Gasteiger partial charge in [-0.2, -0.15) is 5.10 Å². The largest absolute Gasteiger partial charge is 0.357 e. The lowest BCUT2D eigenvalue weighted by Gasteiger charge is -2.04. The van der Waals surface area contributed by atoms with Gasteiger partial charge in [0.15, 0.2) is 0 Å². The van der Waals surface area contributed by atoms with Crippen LogP contribution in [0.3, 0.4) is 0 Å². The summed E-state index contributed by atoms with van der Waals surface area (Å²) < 4.78 is 0. The maximum atomic E-state index is 11.5. The lowest BCUT2D eigenvalue weighted by Crippen LogP contribution is -2.19. The first-order valence-corrected chi connectivity index (χ1v) is 5.56. The molecule has 4 nitrogen and oxygen atoms in total. The van der Waals surface area contributed by atoms with E-state index in [0.717, 1.165) is 18.6 Å². The summed E-state index contributed by atoms with van der Waals surface area (Å²) in [4.78, 5) is 14.3. The Morgan fingerprint density at radius 3 is 2.88 bits per heavy atom. The monoisotopic (exact) mass is 221 g/mol. The van der Waals surface area contributed by atoms with E-state index >= 15 is 0 Å². The smallest absolute Gasteiger partial charge is 0.287 e. The predicted octanol–water partition coefficient (Wildman–Crippen LogP) is 2.56. The minimum atomic E-state index is -0.200. The van der Waals surface area contributed by atoms with Crippen molar-refractivity contribution in [2.45, 2.75) is 33.6 Å². The third-order valence-corrected chi connectivity index (χ3v) is 2.27. The topological polar surface area (TPSA) is 57.2 Å². The number of rotatable bonds is 5. The number of aromatic nitrogens is 1. The van der Waals surface area contributed by atoms with E-state index in [2.05, 4.69) is 29.4 Å². The molecule has 0 bridgehead atoms. The number of amides is 1. The number of hydrogen-bond donors (Lipinski definition) is 2. The first-order chi connectivity index (χ1) is 7.59. The van der Waals surface area contributed by atoms with Crippen molar-refractivity contribution in [2.75, 3.05) is 0 Å². The highest BCUT2D eigenvalue weighted by Gasteiger charge is 2.04. The minimum Gasteiger partial charge on any atom is -0.357 e. The minimum absolute atomic E-state index is 0.200. The Kier molecular flexibility index (Phi) is 4.76. The molecule has 88 valence electrons. The first-order valence-electron chi connectivity index (χ1n) is 5.56. The van der Waals surface area contributed by atoms with Gasteiger partial charge in [-0.05, 0) is 37.8 Å². The third kappa shape index (κ3) is 4.29. The second-order valence-electron chi connectivity index (χ2n) is 4.30. The van der Waals surface area contributed by atoms with E-state index in [1.807, 2.05) is 6.92 Å². The highest BCUT2D eigenvalue weighted by molar-refractivity contribution is 5.93. The maximum Gasteiger partial charge on any atom is 0.287 e. The fourth-order valence-electron chi connectivity index (χ4n) is 1.23. The molecule has 1 rings (SSSR count). The van der Waals surface area contributed by atoms with Crippen LogP contribution in [-0.4, -0.2) is 16.6 Å². The molecule has 16 heavy (non-hydrogen) atoms. The third-order valence-electron chi connectivity index (χ3n) is 2.27. The van der Waals surface area contributed by atoms with Crippen LogP contribution in [0.4, 0.5) is 0 Å². The normalized spacial score (nSPS) is 11.9. The molecule has 2 N–H and O–H groups in total. The average molecular weight is 221 g/mol. The molecule has 1 aromatic rings. The zero-order chi connectivity index (χ0) is 12.0. The fourth-order valence-corrected chi connectivity index (χ4v) is 1.23. The summed E-state index contributed by atoms with van der Waals surface area (Å²) in [7, 11) is 0. The van der Waals surface area contributed by atoms with Crippen molar-refractivity contribution in [2.24, 2.45) is 11.0 Å². The van der Waals surface area contributed by atoms with Gasteiger partial charge < -0.3 is 4.98 Å². The number of H-pyrrole nitrogens is 1. The molecule has 1 aromatic heterocycles. The molecule has 0 unspecified atom stereocenters. The van der Waals surface area contributed by atoms with Crippen LogP contribution >= 0.6 is 0 Å². The Labute approximate surface area is 96.1 Å². The van der Waals surface area contributed by atoms with Crippen molar-refractivity contribution in [3.05, 3.63) is 24.0 Å². The molecular weight excluding hydrogens is 202 g/mol. The zero-order valence-corrected chi connectivity index (χ0v) is 10.1. The van der Waals surface area contributed by atoms with Crippen molar-refractivity contribution in [3.8, 4) is 0 Å². The Morgan fingerprint density at radius 1 is 1.56 bits per heavy atom. The van der Waals surface area contributed by atoms with Gasteiger partial charge in [-0.25, -0.2) is 5.43 Å². The average Bonchev–Trinajstić information content (AvgIpc) is 2.76. The summed E-state index contributed by atoms with van der Waals surface area (Å²) in [6.45, 7) is 6.27. The van der Waals surface area contributed by atoms with E-state index in [9.17, 15) is 4.79 Å². The highest BCUT2D eigenvalue weighted by atomic mass is 16.2. The van der Waals surface area contributed by atoms with Crippen LogP contribution in [0.5, 0.6) is 0 Å². The molecule has 0 aliphatic rings. The van der Waals surface area contributed by atoms with Crippen LogP contribution in [0.2, 0.25) is 0 Å². The van der Waals surface area contributed by atoms with Crippen molar-refractivity contribution in [1.82, 2.24) is 10.4 Å². The molecule has 1 heterocycles. The molecule has 0 atom stereocenters. The van der Waals surface area contributed by atoms with Gasteiger partial charge in [-0.15, -0.1) is 0 Å². The summed E-state index contributed by atoms with van der Waals surface area (Å²) in [6.07, 6.45) is 3.72. The zero-order valence-electron chi connectivity index (χ0n) is 10.1. The molecule has 1 amide bonds. The Balaban J connectivity index is 2.38. The SMILES string of the molecule is C/C(CCC(C)C)=N/NC(=O)c1ccc[nH]1. The number of carbonyl (C=O) groups excluding carboxylic acids is 1. The number of carbonyl (C=O) groups is 1. The van der Waals surface area contributed by atoms with Crippen LogP contribution in [-0.2, 0) is 0 Å². The molecule has 0 spiro atoms. The molecule has 0 aromatic carbocycles. The van der Waals surface area contributed by atoms with Crippen LogP contribution in [0.15, 0.2) is 23.4 Å². The number of aromatic amines is 1.